The van der Waals surface area contributed by atoms with Crippen molar-refractivity contribution in [3.8, 4) is 5.75 Å². The molecule has 0 saturated carbocycles. The predicted molar refractivity (Wildman–Crippen MR) is 93.9 cm³/mol. The van der Waals surface area contributed by atoms with Crippen molar-refractivity contribution in [2.75, 3.05) is 6.61 Å². The van der Waals surface area contributed by atoms with Gasteiger partial charge in [0.2, 0.25) is 0 Å². The Labute approximate surface area is 144 Å². The Kier molecular flexibility index (Phi) is 5.82. The lowest BCUT2D eigenvalue weighted by Crippen LogP contribution is -2.27. The van der Waals surface area contributed by atoms with Crippen LogP contribution in [0.1, 0.15) is 61.4 Å². The van der Waals surface area contributed by atoms with Gasteiger partial charge in [-0.15, -0.1) is 0 Å². The number of rotatable bonds is 6. The summed E-state index contributed by atoms with van der Waals surface area (Å²) in [5.41, 5.74) is 2.28. The molecule has 0 fully saturated rings. The van der Waals surface area contributed by atoms with Crippen LogP contribution in [0, 0.1) is 0 Å². The molecular weight excluding hydrogens is 358 g/mol. The summed E-state index contributed by atoms with van der Waals surface area (Å²) in [6.45, 7) is 8.58. The number of benzene rings is 1. The highest BCUT2D eigenvalue weighted by Gasteiger charge is 2.21. The highest BCUT2D eigenvalue weighted by atomic mass is 79.9. The van der Waals surface area contributed by atoms with Crippen LogP contribution in [0.3, 0.4) is 0 Å². The van der Waals surface area contributed by atoms with Gasteiger partial charge >= 0.3 is 0 Å². The van der Waals surface area contributed by atoms with E-state index in [1.54, 1.807) is 0 Å². The Hall–Kier alpha value is -1.82. The van der Waals surface area contributed by atoms with Crippen LogP contribution in [-0.4, -0.2) is 22.7 Å². The zero-order chi connectivity index (χ0) is 17.0. The van der Waals surface area contributed by atoms with Crippen molar-refractivity contribution in [2.24, 2.45) is 0 Å². The topological polar surface area (TPSA) is 67.0 Å². The van der Waals surface area contributed by atoms with Gasteiger partial charge in [-0.1, -0.05) is 26.0 Å². The van der Waals surface area contributed by atoms with Crippen molar-refractivity contribution in [1.82, 2.24) is 15.5 Å². The predicted octanol–water partition coefficient (Wildman–Crippen LogP) is 4.19. The monoisotopic (exact) mass is 379 g/mol. The third-order valence-electron chi connectivity index (χ3n) is 3.54. The van der Waals surface area contributed by atoms with Gasteiger partial charge in [-0.2, -0.15) is 5.10 Å². The fourth-order valence-electron chi connectivity index (χ4n) is 2.26. The highest BCUT2D eigenvalue weighted by Crippen LogP contribution is 2.26. The maximum Gasteiger partial charge on any atom is 0.273 e. The molecule has 0 aliphatic heterocycles. The van der Waals surface area contributed by atoms with Crippen LogP contribution in [0.2, 0.25) is 0 Å². The van der Waals surface area contributed by atoms with E-state index in [9.17, 15) is 4.79 Å². The van der Waals surface area contributed by atoms with Crippen LogP contribution in [0.15, 0.2) is 28.7 Å². The van der Waals surface area contributed by atoms with E-state index in [4.69, 9.17) is 4.74 Å². The molecule has 1 aromatic carbocycles. The van der Waals surface area contributed by atoms with Crippen molar-refractivity contribution < 1.29 is 9.53 Å². The average Bonchev–Trinajstić information content (AvgIpc) is 2.89. The number of hydrogen-bond acceptors (Lipinski definition) is 3. The minimum absolute atomic E-state index is 0.144. The number of carbonyl (C=O) groups is 1. The molecule has 2 N–H and O–H groups in total. The van der Waals surface area contributed by atoms with Crippen molar-refractivity contribution in [3.63, 3.8) is 0 Å². The van der Waals surface area contributed by atoms with E-state index in [0.29, 0.717) is 12.3 Å². The lowest BCUT2D eigenvalue weighted by atomic mass is 10.1. The van der Waals surface area contributed by atoms with E-state index in [1.165, 1.54) is 0 Å². The molecular formula is C17H22BrN3O2. The zero-order valence-corrected chi connectivity index (χ0v) is 15.4. The molecule has 5 nitrogen and oxygen atoms in total. The molecule has 0 aliphatic carbocycles. The number of aromatic nitrogens is 2. The zero-order valence-electron chi connectivity index (χ0n) is 13.8. The molecule has 0 aliphatic rings. The van der Waals surface area contributed by atoms with Crippen LogP contribution in [0.25, 0.3) is 0 Å². The van der Waals surface area contributed by atoms with Gasteiger partial charge in [0.05, 0.1) is 22.8 Å². The normalized spacial score (nSPS) is 12.3. The van der Waals surface area contributed by atoms with Crippen LogP contribution >= 0.6 is 15.9 Å². The summed E-state index contributed by atoms with van der Waals surface area (Å²) in [7, 11) is 0. The molecule has 1 heterocycles. The van der Waals surface area contributed by atoms with E-state index < -0.39 is 0 Å². The van der Waals surface area contributed by atoms with Crippen molar-refractivity contribution >= 4 is 21.8 Å². The Morgan fingerprint density at radius 1 is 1.39 bits per heavy atom. The van der Waals surface area contributed by atoms with Gasteiger partial charge in [0.1, 0.15) is 5.75 Å². The lowest BCUT2D eigenvalue weighted by Gasteiger charge is -2.15. The second-order valence-corrected chi connectivity index (χ2v) is 6.45. The molecule has 1 unspecified atom stereocenters. The smallest absolute Gasteiger partial charge is 0.273 e. The summed E-state index contributed by atoms with van der Waals surface area (Å²) >= 11 is 3.46. The number of nitrogens with zero attached hydrogens (tertiary/aromatic N) is 1. The summed E-state index contributed by atoms with van der Waals surface area (Å²) in [6, 6.07) is 7.58. The molecule has 1 amide bonds. The van der Waals surface area contributed by atoms with Crippen LogP contribution < -0.4 is 10.1 Å². The first-order chi connectivity index (χ1) is 10.9. The molecule has 1 aromatic heterocycles. The third-order valence-corrected chi connectivity index (χ3v) is 4.34. The van der Waals surface area contributed by atoms with E-state index in [-0.39, 0.29) is 17.9 Å². The summed E-state index contributed by atoms with van der Waals surface area (Å²) in [6.07, 6.45) is 0. The second kappa shape index (κ2) is 7.64. The summed E-state index contributed by atoms with van der Waals surface area (Å²) in [5.74, 6) is 0.849. The summed E-state index contributed by atoms with van der Waals surface area (Å²) < 4.78 is 6.22. The number of ether oxygens (including phenoxy) is 1. The van der Waals surface area contributed by atoms with E-state index in [2.05, 4.69) is 31.4 Å². The first-order valence-electron chi connectivity index (χ1n) is 7.71. The minimum Gasteiger partial charge on any atom is -0.494 e. The van der Waals surface area contributed by atoms with Gasteiger partial charge in [-0.3, -0.25) is 9.89 Å². The molecule has 0 spiro atoms. The first-order valence-corrected chi connectivity index (χ1v) is 8.50. The molecule has 124 valence electrons. The van der Waals surface area contributed by atoms with Gasteiger partial charge in [-0.25, -0.2) is 0 Å². The maximum absolute atomic E-state index is 12.4. The number of amides is 1. The molecule has 0 bridgehead atoms. The van der Waals surface area contributed by atoms with Crippen molar-refractivity contribution in [2.45, 2.75) is 39.7 Å². The van der Waals surface area contributed by atoms with Crippen molar-refractivity contribution in [3.05, 3.63) is 45.7 Å². The Morgan fingerprint density at radius 2 is 2.13 bits per heavy atom. The Morgan fingerprint density at radius 3 is 2.74 bits per heavy atom. The number of H-pyrrole nitrogens is 1. The number of halogens is 1. The first kappa shape index (κ1) is 17.5. The molecule has 1 atom stereocenters. The number of hydrogen-bond donors (Lipinski definition) is 2. The molecule has 0 radical (unpaired) electrons. The van der Waals surface area contributed by atoms with E-state index >= 15 is 0 Å². The lowest BCUT2D eigenvalue weighted by molar-refractivity contribution is 0.0934. The van der Waals surface area contributed by atoms with Gasteiger partial charge in [0.15, 0.2) is 5.69 Å². The quantitative estimate of drug-likeness (QED) is 0.790. The number of nitrogens with one attached hydrogen (secondary N) is 2. The average molecular weight is 380 g/mol. The fourth-order valence-corrected chi connectivity index (χ4v) is 3.08. The number of aromatic amines is 1. The van der Waals surface area contributed by atoms with Crippen LogP contribution in [0.4, 0.5) is 0 Å². The molecule has 2 rings (SSSR count). The Balaban J connectivity index is 2.12. The van der Waals surface area contributed by atoms with E-state index in [1.807, 2.05) is 52.0 Å². The fraction of sp³-hybridized carbons (Fsp3) is 0.412. The Bertz CT molecular complexity index is 682. The molecule has 6 heteroatoms. The van der Waals surface area contributed by atoms with E-state index in [0.717, 1.165) is 21.5 Å². The largest absolute Gasteiger partial charge is 0.494 e. The minimum atomic E-state index is -0.214. The second-order valence-electron chi connectivity index (χ2n) is 5.66. The van der Waals surface area contributed by atoms with Crippen molar-refractivity contribution in [1.29, 1.82) is 0 Å². The van der Waals surface area contributed by atoms with Gasteiger partial charge < -0.3 is 10.1 Å². The van der Waals surface area contributed by atoms with Crippen LogP contribution in [0.5, 0.6) is 5.75 Å². The molecule has 2 aromatic rings. The summed E-state index contributed by atoms with van der Waals surface area (Å²) in [4.78, 5) is 12.4. The summed E-state index contributed by atoms with van der Waals surface area (Å²) in [5, 5.41) is 10.0. The van der Waals surface area contributed by atoms with Gasteiger partial charge in [0.25, 0.3) is 5.91 Å². The molecule has 0 saturated heterocycles. The van der Waals surface area contributed by atoms with Gasteiger partial charge in [0, 0.05) is 0 Å². The van der Waals surface area contributed by atoms with Crippen LogP contribution in [-0.2, 0) is 0 Å². The maximum atomic E-state index is 12.4. The standard InChI is InChI=1S/C17H22BrN3O2/c1-5-23-13-8-6-7-12(9-13)11(4)19-17(22)16-14(18)15(10(2)3)20-21-16/h6-11H,5H2,1-4H3,(H,19,22)(H,20,21). The SMILES string of the molecule is CCOc1cccc(C(C)NC(=O)c2n[nH]c(C(C)C)c2Br)c1. The highest BCUT2D eigenvalue weighted by molar-refractivity contribution is 9.10. The third kappa shape index (κ3) is 4.13. The van der Waals surface area contributed by atoms with Gasteiger partial charge in [-0.05, 0) is 53.4 Å². The molecule has 23 heavy (non-hydrogen) atoms. The number of carbonyl (C=O) groups excluding carboxylic acids is 1.